The first-order valence-electron chi connectivity index (χ1n) is 4.97. The minimum Gasteiger partial charge on any atom is -0.376 e. The second-order valence-corrected chi connectivity index (χ2v) is 5.03. The Balaban J connectivity index is 1.96. The number of hydrogen-bond acceptors (Lipinski definition) is 4. The van der Waals surface area contributed by atoms with E-state index < -0.39 is 10.2 Å². The molecule has 0 amide bonds. The van der Waals surface area contributed by atoms with Gasteiger partial charge in [0, 0.05) is 12.8 Å². The van der Waals surface area contributed by atoms with E-state index >= 15 is 0 Å². The van der Waals surface area contributed by atoms with Crippen molar-refractivity contribution < 1.29 is 13.2 Å². The van der Waals surface area contributed by atoms with Gasteiger partial charge in [0.25, 0.3) is 10.2 Å². The highest BCUT2D eigenvalue weighted by atomic mass is 32.2. The van der Waals surface area contributed by atoms with Gasteiger partial charge in [0.05, 0.1) is 24.5 Å². The summed E-state index contributed by atoms with van der Waals surface area (Å²) in [5, 5.41) is 8.86. The largest absolute Gasteiger partial charge is 0.376 e. The van der Waals surface area contributed by atoms with E-state index in [9.17, 15) is 8.42 Å². The van der Waals surface area contributed by atoms with Gasteiger partial charge >= 0.3 is 0 Å². The fourth-order valence-electron chi connectivity index (χ4n) is 1.68. The zero-order chi connectivity index (χ0) is 11.6. The molecule has 0 saturated carbocycles. The molecule has 1 aromatic rings. The SMILES string of the molecule is NS(=O)(=O)Nc1cnn(CC2CCCO2)c1. The summed E-state index contributed by atoms with van der Waals surface area (Å²) < 4.78 is 30.8. The molecule has 1 aliphatic rings. The van der Waals surface area contributed by atoms with Crippen molar-refractivity contribution in [1.82, 2.24) is 9.78 Å². The Hall–Kier alpha value is -1.12. The summed E-state index contributed by atoms with van der Waals surface area (Å²) in [6.07, 6.45) is 5.25. The van der Waals surface area contributed by atoms with Crippen LogP contribution in [-0.2, 0) is 21.5 Å². The fourth-order valence-corrected chi connectivity index (χ4v) is 2.11. The maximum atomic E-state index is 10.8. The molecule has 1 atom stereocenters. The van der Waals surface area contributed by atoms with E-state index in [2.05, 4.69) is 9.82 Å². The Morgan fingerprint density at radius 3 is 3.12 bits per heavy atom. The fraction of sp³-hybridized carbons (Fsp3) is 0.625. The van der Waals surface area contributed by atoms with E-state index in [1.165, 1.54) is 6.20 Å². The number of ether oxygens (including phenoxy) is 1. The number of hydrogen-bond donors (Lipinski definition) is 2. The lowest BCUT2D eigenvalue weighted by Gasteiger charge is -2.08. The smallest absolute Gasteiger partial charge is 0.296 e. The summed E-state index contributed by atoms with van der Waals surface area (Å²) in [5.41, 5.74) is 0.362. The highest BCUT2D eigenvalue weighted by Crippen LogP contribution is 2.14. The van der Waals surface area contributed by atoms with Crippen LogP contribution in [-0.4, -0.2) is 30.9 Å². The van der Waals surface area contributed by atoms with Gasteiger partial charge < -0.3 is 4.74 Å². The maximum absolute atomic E-state index is 10.8. The molecular formula is C8H14N4O3S. The molecular weight excluding hydrogens is 232 g/mol. The van der Waals surface area contributed by atoms with Crippen LogP contribution in [0.1, 0.15) is 12.8 Å². The Kier molecular flexibility index (Phi) is 3.13. The van der Waals surface area contributed by atoms with Crippen molar-refractivity contribution in [3.63, 3.8) is 0 Å². The van der Waals surface area contributed by atoms with Crippen molar-refractivity contribution in [3.8, 4) is 0 Å². The number of rotatable bonds is 4. The molecule has 3 N–H and O–H groups in total. The lowest BCUT2D eigenvalue weighted by molar-refractivity contribution is 0.0940. The quantitative estimate of drug-likeness (QED) is 0.760. The van der Waals surface area contributed by atoms with Crippen LogP contribution in [0.15, 0.2) is 12.4 Å². The predicted molar refractivity (Wildman–Crippen MR) is 57.9 cm³/mol. The predicted octanol–water partition coefficient (Wildman–Crippen LogP) is -0.323. The van der Waals surface area contributed by atoms with Crippen LogP contribution >= 0.6 is 0 Å². The van der Waals surface area contributed by atoms with Crippen molar-refractivity contribution in [2.75, 3.05) is 11.3 Å². The van der Waals surface area contributed by atoms with E-state index in [0.717, 1.165) is 19.4 Å². The molecule has 1 unspecified atom stereocenters. The van der Waals surface area contributed by atoms with E-state index in [1.807, 2.05) is 0 Å². The van der Waals surface area contributed by atoms with Gasteiger partial charge in [0.15, 0.2) is 0 Å². The van der Waals surface area contributed by atoms with Crippen LogP contribution in [0.25, 0.3) is 0 Å². The van der Waals surface area contributed by atoms with Crippen LogP contribution in [0.4, 0.5) is 5.69 Å². The van der Waals surface area contributed by atoms with E-state index in [4.69, 9.17) is 9.88 Å². The zero-order valence-corrected chi connectivity index (χ0v) is 9.48. The molecule has 2 rings (SSSR count). The lowest BCUT2D eigenvalue weighted by atomic mass is 10.2. The number of nitrogens with two attached hydrogens (primary N) is 1. The van der Waals surface area contributed by atoms with Gasteiger partial charge in [-0.2, -0.15) is 13.5 Å². The second-order valence-electron chi connectivity index (χ2n) is 3.73. The van der Waals surface area contributed by atoms with Gasteiger partial charge in [0.1, 0.15) is 0 Å². The van der Waals surface area contributed by atoms with Gasteiger partial charge in [0.2, 0.25) is 0 Å². The number of aromatic nitrogens is 2. The van der Waals surface area contributed by atoms with Crippen molar-refractivity contribution >= 4 is 15.9 Å². The summed E-state index contributed by atoms with van der Waals surface area (Å²) in [6.45, 7) is 1.42. The molecule has 1 aliphatic heterocycles. The lowest BCUT2D eigenvalue weighted by Crippen LogP contribution is -2.21. The number of nitrogens with zero attached hydrogens (tertiary/aromatic N) is 2. The minimum absolute atomic E-state index is 0.169. The average molecular weight is 246 g/mol. The molecule has 8 heteroatoms. The summed E-state index contributed by atoms with van der Waals surface area (Å²) in [6, 6.07) is 0. The van der Waals surface area contributed by atoms with Crippen molar-refractivity contribution in [3.05, 3.63) is 12.4 Å². The Labute approximate surface area is 93.8 Å². The highest BCUT2D eigenvalue weighted by Gasteiger charge is 2.16. The molecule has 16 heavy (non-hydrogen) atoms. The third-order valence-corrected chi connectivity index (χ3v) is 2.83. The Bertz CT molecular complexity index is 450. The minimum atomic E-state index is -3.73. The summed E-state index contributed by atoms with van der Waals surface area (Å²) in [5.74, 6) is 0. The molecule has 2 heterocycles. The first kappa shape index (κ1) is 11.4. The summed E-state index contributed by atoms with van der Waals surface area (Å²) in [4.78, 5) is 0. The Morgan fingerprint density at radius 1 is 1.69 bits per heavy atom. The topological polar surface area (TPSA) is 99.2 Å². The zero-order valence-electron chi connectivity index (χ0n) is 8.67. The van der Waals surface area contributed by atoms with Crippen LogP contribution < -0.4 is 9.86 Å². The molecule has 1 aromatic heterocycles. The summed E-state index contributed by atoms with van der Waals surface area (Å²) in [7, 11) is -3.73. The first-order valence-corrected chi connectivity index (χ1v) is 6.52. The normalized spacial score (nSPS) is 21.2. The van der Waals surface area contributed by atoms with Crippen molar-refractivity contribution in [2.45, 2.75) is 25.5 Å². The van der Waals surface area contributed by atoms with Gasteiger partial charge in [-0.15, -0.1) is 0 Å². The van der Waals surface area contributed by atoms with Gasteiger partial charge in [-0.1, -0.05) is 0 Å². The molecule has 0 radical (unpaired) electrons. The van der Waals surface area contributed by atoms with Crippen molar-refractivity contribution in [1.29, 1.82) is 0 Å². The molecule has 1 fully saturated rings. The molecule has 0 spiro atoms. The second kappa shape index (κ2) is 4.40. The standard InChI is InChI=1S/C8H14N4O3S/c9-16(13,14)11-7-4-10-12(5-7)6-8-2-1-3-15-8/h4-5,8,11H,1-3,6H2,(H2,9,13,14). The molecule has 0 aromatic carbocycles. The molecule has 0 aliphatic carbocycles. The van der Waals surface area contributed by atoms with Gasteiger partial charge in [-0.05, 0) is 12.8 Å². The average Bonchev–Trinajstić information content (AvgIpc) is 2.75. The number of anilines is 1. The molecule has 7 nitrogen and oxygen atoms in total. The maximum Gasteiger partial charge on any atom is 0.296 e. The van der Waals surface area contributed by atoms with Crippen LogP contribution in [0, 0.1) is 0 Å². The summed E-state index contributed by atoms with van der Waals surface area (Å²) >= 11 is 0. The van der Waals surface area contributed by atoms with E-state index in [1.54, 1.807) is 10.9 Å². The third-order valence-electron chi connectivity index (χ3n) is 2.31. The van der Waals surface area contributed by atoms with E-state index in [0.29, 0.717) is 12.2 Å². The molecule has 1 saturated heterocycles. The van der Waals surface area contributed by atoms with Gasteiger partial charge in [-0.3, -0.25) is 9.40 Å². The van der Waals surface area contributed by atoms with Crippen molar-refractivity contribution in [2.24, 2.45) is 5.14 Å². The van der Waals surface area contributed by atoms with Crippen LogP contribution in [0.2, 0.25) is 0 Å². The first-order chi connectivity index (χ1) is 7.53. The van der Waals surface area contributed by atoms with E-state index in [-0.39, 0.29) is 6.10 Å². The van der Waals surface area contributed by atoms with Crippen LogP contribution in [0.3, 0.4) is 0 Å². The van der Waals surface area contributed by atoms with Crippen LogP contribution in [0.5, 0.6) is 0 Å². The third kappa shape index (κ3) is 3.19. The Morgan fingerprint density at radius 2 is 2.50 bits per heavy atom. The molecule has 90 valence electrons. The monoisotopic (exact) mass is 246 g/mol. The number of nitrogens with one attached hydrogen (secondary N) is 1. The highest BCUT2D eigenvalue weighted by molar-refractivity contribution is 7.90. The van der Waals surface area contributed by atoms with Gasteiger partial charge in [-0.25, -0.2) is 5.14 Å². The molecule has 0 bridgehead atoms.